The maximum Gasteiger partial charge on any atom is 0.276 e. The molecule has 31 heavy (non-hydrogen) atoms. The van der Waals surface area contributed by atoms with Gasteiger partial charge >= 0.3 is 0 Å². The zero-order chi connectivity index (χ0) is 21.6. The molecule has 1 amide bonds. The molecule has 160 valence electrons. The molecule has 7 nitrogen and oxygen atoms in total. The molecule has 4 rings (SSSR count). The third-order valence-electron chi connectivity index (χ3n) is 5.28. The van der Waals surface area contributed by atoms with Crippen LogP contribution in [0.3, 0.4) is 0 Å². The number of aromatic nitrogens is 2. The summed E-state index contributed by atoms with van der Waals surface area (Å²) in [5.74, 6) is -0.478. The Morgan fingerprint density at radius 1 is 1.03 bits per heavy atom. The van der Waals surface area contributed by atoms with Crippen molar-refractivity contribution in [3.8, 4) is 5.69 Å². The lowest BCUT2D eigenvalue weighted by atomic mass is 10.1. The third-order valence-corrected chi connectivity index (χ3v) is 5.28. The maximum atomic E-state index is 12.7. The van der Waals surface area contributed by atoms with E-state index in [4.69, 9.17) is 4.74 Å². The minimum Gasteiger partial charge on any atom is -0.379 e. The summed E-state index contributed by atoms with van der Waals surface area (Å²) in [5.41, 5.74) is 3.14. The number of para-hydroxylation sites is 1. The number of ether oxygens (including phenoxy) is 1. The largest absolute Gasteiger partial charge is 0.379 e. The number of carbonyl (C=O) groups excluding carboxylic acids is 1. The van der Waals surface area contributed by atoms with Gasteiger partial charge in [-0.3, -0.25) is 14.5 Å². The molecule has 0 saturated carbocycles. The zero-order valence-electron chi connectivity index (χ0n) is 17.6. The summed E-state index contributed by atoms with van der Waals surface area (Å²) in [4.78, 5) is 27.5. The maximum absolute atomic E-state index is 12.7. The lowest BCUT2D eigenvalue weighted by Crippen LogP contribution is -2.35. The molecule has 3 aromatic rings. The van der Waals surface area contributed by atoms with E-state index in [0.717, 1.165) is 44.1 Å². The third kappa shape index (κ3) is 5.25. The molecule has 1 fully saturated rings. The average Bonchev–Trinajstić information content (AvgIpc) is 2.79. The van der Waals surface area contributed by atoms with E-state index in [-0.39, 0.29) is 11.1 Å². The Morgan fingerprint density at radius 3 is 2.55 bits per heavy atom. The Balaban J connectivity index is 1.45. The van der Waals surface area contributed by atoms with Gasteiger partial charge < -0.3 is 10.1 Å². The lowest BCUT2D eigenvalue weighted by Gasteiger charge is -2.26. The van der Waals surface area contributed by atoms with Crippen molar-refractivity contribution in [1.82, 2.24) is 20.0 Å². The Hall–Kier alpha value is -3.29. The topological polar surface area (TPSA) is 76.5 Å². The fraction of sp³-hybridized carbons (Fsp3) is 0.292. The van der Waals surface area contributed by atoms with Crippen molar-refractivity contribution in [3.05, 3.63) is 93.4 Å². The van der Waals surface area contributed by atoms with Crippen LogP contribution in [-0.4, -0.2) is 46.9 Å². The number of nitrogens with one attached hydrogen (secondary N) is 1. The highest BCUT2D eigenvalue weighted by atomic mass is 16.5. The van der Waals surface area contributed by atoms with Gasteiger partial charge in [0.25, 0.3) is 5.91 Å². The molecule has 1 saturated heterocycles. The molecule has 1 aliphatic rings. The van der Waals surface area contributed by atoms with E-state index in [1.54, 1.807) is 11.6 Å². The first-order valence-electron chi connectivity index (χ1n) is 10.4. The monoisotopic (exact) mass is 418 g/mol. The van der Waals surface area contributed by atoms with Gasteiger partial charge in [-0.25, -0.2) is 4.68 Å². The van der Waals surface area contributed by atoms with Gasteiger partial charge in [0.2, 0.25) is 5.43 Å². The Kier molecular flexibility index (Phi) is 6.54. The van der Waals surface area contributed by atoms with E-state index < -0.39 is 5.91 Å². The number of benzene rings is 2. The van der Waals surface area contributed by atoms with Crippen LogP contribution in [0.1, 0.15) is 27.3 Å². The van der Waals surface area contributed by atoms with Gasteiger partial charge in [-0.15, -0.1) is 0 Å². The summed E-state index contributed by atoms with van der Waals surface area (Å²) in [6, 6.07) is 19.0. The van der Waals surface area contributed by atoms with Gasteiger partial charge in [0.1, 0.15) is 0 Å². The average molecular weight is 418 g/mol. The van der Waals surface area contributed by atoms with Gasteiger partial charge in [0, 0.05) is 37.9 Å². The number of nitrogens with zero attached hydrogens (tertiary/aromatic N) is 3. The summed E-state index contributed by atoms with van der Waals surface area (Å²) >= 11 is 0. The number of hydrogen-bond acceptors (Lipinski definition) is 5. The SMILES string of the molecule is Cc1cc(=O)c(C(=O)NCc2cccc(CN3CCOCC3)c2)nn1-c1ccccc1. The predicted molar refractivity (Wildman–Crippen MR) is 118 cm³/mol. The quantitative estimate of drug-likeness (QED) is 0.665. The molecule has 1 aromatic heterocycles. The van der Waals surface area contributed by atoms with Crippen molar-refractivity contribution in [3.63, 3.8) is 0 Å². The van der Waals surface area contributed by atoms with Crippen LogP contribution in [0.2, 0.25) is 0 Å². The van der Waals surface area contributed by atoms with E-state index in [1.807, 2.05) is 42.5 Å². The molecule has 0 aliphatic carbocycles. The second-order valence-corrected chi connectivity index (χ2v) is 7.64. The van der Waals surface area contributed by atoms with Crippen LogP contribution in [-0.2, 0) is 17.8 Å². The van der Waals surface area contributed by atoms with Crippen LogP contribution in [0, 0.1) is 6.92 Å². The highest BCUT2D eigenvalue weighted by Crippen LogP contribution is 2.11. The standard InChI is InChI=1S/C24H26N4O3/c1-18-14-22(29)23(26-28(18)21-8-3-2-4-9-21)24(30)25-16-19-6-5-7-20(15-19)17-27-10-12-31-13-11-27/h2-9,14-15H,10-13,16-17H2,1H3,(H,25,30). The van der Waals surface area contributed by atoms with Gasteiger partial charge in [-0.1, -0.05) is 42.5 Å². The molecule has 1 N–H and O–H groups in total. The van der Waals surface area contributed by atoms with Crippen LogP contribution in [0.5, 0.6) is 0 Å². The van der Waals surface area contributed by atoms with E-state index in [9.17, 15) is 9.59 Å². The highest BCUT2D eigenvalue weighted by Gasteiger charge is 2.15. The van der Waals surface area contributed by atoms with E-state index >= 15 is 0 Å². The second-order valence-electron chi connectivity index (χ2n) is 7.64. The van der Waals surface area contributed by atoms with Crippen molar-refractivity contribution in [2.45, 2.75) is 20.0 Å². The second kappa shape index (κ2) is 9.68. The Labute approximate surface area is 181 Å². The first-order valence-corrected chi connectivity index (χ1v) is 10.4. The molecule has 2 aromatic carbocycles. The summed E-state index contributed by atoms with van der Waals surface area (Å²) in [7, 11) is 0. The van der Waals surface area contributed by atoms with Crippen molar-refractivity contribution >= 4 is 5.91 Å². The molecule has 1 aliphatic heterocycles. The van der Waals surface area contributed by atoms with Crippen molar-refractivity contribution in [2.24, 2.45) is 0 Å². The summed E-state index contributed by atoms with van der Waals surface area (Å²) in [6.45, 7) is 6.35. The first kappa shape index (κ1) is 21.0. The smallest absolute Gasteiger partial charge is 0.276 e. The van der Waals surface area contributed by atoms with Crippen molar-refractivity contribution in [2.75, 3.05) is 26.3 Å². The Bertz CT molecular complexity index is 1110. The number of carbonyl (C=O) groups is 1. The minimum absolute atomic E-state index is 0.112. The molecule has 0 radical (unpaired) electrons. The van der Waals surface area contributed by atoms with Crippen LogP contribution in [0.15, 0.2) is 65.5 Å². The lowest BCUT2D eigenvalue weighted by molar-refractivity contribution is 0.0342. The van der Waals surface area contributed by atoms with E-state index in [2.05, 4.69) is 27.4 Å². The number of morpholine rings is 1. The fourth-order valence-corrected chi connectivity index (χ4v) is 3.66. The van der Waals surface area contributed by atoms with Crippen molar-refractivity contribution < 1.29 is 9.53 Å². The van der Waals surface area contributed by atoms with Gasteiger partial charge in [-0.2, -0.15) is 5.10 Å². The minimum atomic E-state index is -0.478. The molecular weight excluding hydrogens is 392 g/mol. The number of aryl methyl sites for hydroxylation is 1. The van der Waals surface area contributed by atoms with Crippen molar-refractivity contribution in [1.29, 1.82) is 0 Å². The van der Waals surface area contributed by atoms with Crippen LogP contribution in [0.4, 0.5) is 0 Å². The van der Waals surface area contributed by atoms with Crippen LogP contribution >= 0.6 is 0 Å². The molecule has 0 atom stereocenters. The molecule has 0 unspecified atom stereocenters. The summed E-state index contributed by atoms with van der Waals surface area (Å²) in [6.07, 6.45) is 0. The van der Waals surface area contributed by atoms with Crippen LogP contribution < -0.4 is 10.7 Å². The summed E-state index contributed by atoms with van der Waals surface area (Å²) < 4.78 is 7.01. The highest BCUT2D eigenvalue weighted by molar-refractivity contribution is 5.92. The van der Waals surface area contributed by atoms with E-state index in [1.165, 1.54) is 11.6 Å². The van der Waals surface area contributed by atoms with E-state index in [0.29, 0.717) is 12.2 Å². The van der Waals surface area contributed by atoms with Gasteiger partial charge in [0.05, 0.1) is 18.9 Å². The number of rotatable bonds is 6. The molecular formula is C24H26N4O3. The normalized spacial score (nSPS) is 14.4. The predicted octanol–water partition coefficient (Wildman–Crippen LogP) is 2.30. The first-order chi connectivity index (χ1) is 15.1. The fourth-order valence-electron chi connectivity index (χ4n) is 3.66. The number of amides is 1. The molecule has 2 heterocycles. The van der Waals surface area contributed by atoms with Gasteiger partial charge in [0.15, 0.2) is 5.69 Å². The molecule has 0 bridgehead atoms. The van der Waals surface area contributed by atoms with Crippen LogP contribution in [0.25, 0.3) is 5.69 Å². The summed E-state index contributed by atoms with van der Waals surface area (Å²) in [5, 5.41) is 7.16. The molecule has 0 spiro atoms. The zero-order valence-corrected chi connectivity index (χ0v) is 17.6. The van der Waals surface area contributed by atoms with Gasteiger partial charge in [-0.05, 0) is 30.2 Å². The Morgan fingerprint density at radius 2 is 1.77 bits per heavy atom. The molecule has 7 heteroatoms. The number of hydrogen-bond donors (Lipinski definition) is 1.